The zero-order valence-electron chi connectivity index (χ0n) is 6.82. The highest BCUT2D eigenvalue weighted by Crippen LogP contribution is 1.97. The van der Waals surface area contributed by atoms with Gasteiger partial charge in [0.15, 0.2) is 0 Å². The molecule has 0 fully saturated rings. The molecule has 0 bridgehead atoms. The van der Waals surface area contributed by atoms with Gasteiger partial charge in [0.05, 0.1) is 0 Å². The van der Waals surface area contributed by atoms with E-state index in [0.29, 0.717) is 6.04 Å². The molecule has 0 aromatic rings. The number of halogens is 2. The summed E-state index contributed by atoms with van der Waals surface area (Å²) < 4.78 is 0. The van der Waals surface area contributed by atoms with Gasteiger partial charge in [-0.1, -0.05) is 17.7 Å². The van der Waals surface area contributed by atoms with Crippen molar-refractivity contribution in [2.24, 2.45) is 0 Å². The molecule has 0 rings (SSSR count). The van der Waals surface area contributed by atoms with E-state index in [2.05, 4.69) is 12.2 Å². The minimum absolute atomic E-state index is 0.529. The van der Waals surface area contributed by atoms with E-state index in [1.165, 1.54) is 5.54 Å². The van der Waals surface area contributed by atoms with Gasteiger partial charge in [-0.05, 0) is 19.8 Å². The van der Waals surface area contributed by atoms with Crippen molar-refractivity contribution < 1.29 is 0 Å². The Kier molecular flexibility index (Phi) is 8.59. The second-order valence-electron chi connectivity index (χ2n) is 2.50. The Labute approximate surface area is 78.8 Å². The molecular formula is C8H15Cl2N. The summed E-state index contributed by atoms with van der Waals surface area (Å²) in [5.74, 6) is 0.747. The lowest BCUT2D eigenvalue weighted by Crippen LogP contribution is -2.25. The predicted molar refractivity (Wildman–Crippen MR) is 52.4 cm³/mol. The summed E-state index contributed by atoms with van der Waals surface area (Å²) in [7, 11) is 0. The van der Waals surface area contributed by atoms with Gasteiger partial charge in [0.1, 0.15) is 0 Å². The Morgan fingerprint density at radius 2 is 2.27 bits per heavy atom. The molecule has 0 aliphatic carbocycles. The van der Waals surface area contributed by atoms with Crippen LogP contribution in [0.15, 0.2) is 11.6 Å². The molecule has 1 atom stereocenters. The van der Waals surface area contributed by atoms with Crippen LogP contribution in [0.25, 0.3) is 0 Å². The molecular weight excluding hydrogens is 181 g/mol. The summed E-state index contributed by atoms with van der Waals surface area (Å²) in [5, 5.41) is 3.29. The molecule has 1 N–H and O–H groups in total. The van der Waals surface area contributed by atoms with Gasteiger partial charge in [-0.3, -0.25) is 0 Å². The van der Waals surface area contributed by atoms with Gasteiger partial charge in [0, 0.05) is 24.0 Å². The number of nitrogens with one attached hydrogen (secondary N) is 1. The molecule has 66 valence electrons. The topological polar surface area (TPSA) is 12.0 Å². The maximum atomic E-state index is 5.54. The van der Waals surface area contributed by atoms with Crippen LogP contribution in [0.2, 0.25) is 0 Å². The molecule has 0 spiro atoms. The smallest absolute Gasteiger partial charge is 0.0224 e. The number of hydrogen-bond acceptors (Lipinski definition) is 1. The minimum atomic E-state index is 0.529. The molecule has 0 aromatic heterocycles. The molecule has 1 unspecified atom stereocenters. The number of rotatable bonds is 6. The molecule has 11 heavy (non-hydrogen) atoms. The maximum Gasteiger partial charge on any atom is 0.0224 e. The van der Waals surface area contributed by atoms with E-state index in [1.54, 1.807) is 0 Å². The van der Waals surface area contributed by atoms with E-state index in [4.69, 9.17) is 23.2 Å². The molecule has 0 saturated carbocycles. The van der Waals surface area contributed by atoms with Gasteiger partial charge >= 0.3 is 0 Å². The third kappa shape index (κ3) is 8.18. The average Bonchev–Trinajstić information content (AvgIpc) is 2.01. The summed E-state index contributed by atoms with van der Waals surface area (Å²) in [6, 6.07) is 0.529. The van der Waals surface area contributed by atoms with Crippen molar-refractivity contribution in [2.45, 2.75) is 25.8 Å². The normalized spacial score (nSPS) is 14.1. The number of hydrogen-bond donors (Lipinski definition) is 1. The quantitative estimate of drug-likeness (QED) is 0.644. The van der Waals surface area contributed by atoms with Crippen molar-refractivity contribution in [3.8, 4) is 0 Å². The van der Waals surface area contributed by atoms with Crippen LogP contribution in [0.3, 0.4) is 0 Å². The predicted octanol–water partition coefficient (Wildman–Crippen LogP) is 2.74. The maximum absolute atomic E-state index is 5.54. The van der Waals surface area contributed by atoms with Crippen LogP contribution >= 0.6 is 23.2 Å². The van der Waals surface area contributed by atoms with E-state index in [-0.39, 0.29) is 0 Å². The Bertz CT molecular complexity index is 104. The molecule has 0 aliphatic heterocycles. The second kappa shape index (κ2) is 8.38. The first-order chi connectivity index (χ1) is 5.31. The van der Waals surface area contributed by atoms with Crippen molar-refractivity contribution in [3.63, 3.8) is 0 Å². The van der Waals surface area contributed by atoms with E-state index in [1.807, 2.05) is 6.08 Å². The summed E-state index contributed by atoms with van der Waals surface area (Å²) >= 11 is 10.9. The van der Waals surface area contributed by atoms with Gasteiger partial charge in [0.25, 0.3) is 0 Å². The highest BCUT2D eigenvalue weighted by molar-refractivity contribution is 6.25. The lowest BCUT2D eigenvalue weighted by Gasteiger charge is -2.10. The van der Waals surface area contributed by atoms with Crippen molar-refractivity contribution in [2.75, 3.05) is 12.4 Å². The zero-order chi connectivity index (χ0) is 8.53. The minimum Gasteiger partial charge on any atom is -0.311 e. The fourth-order valence-electron chi connectivity index (χ4n) is 0.799. The molecule has 0 aliphatic rings. The van der Waals surface area contributed by atoms with Crippen LogP contribution in [0.1, 0.15) is 19.8 Å². The Morgan fingerprint density at radius 3 is 2.82 bits per heavy atom. The van der Waals surface area contributed by atoms with Crippen LogP contribution < -0.4 is 5.32 Å². The Balaban J connectivity index is 3.15. The van der Waals surface area contributed by atoms with Crippen molar-refractivity contribution in [3.05, 3.63) is 11.6 Å². The van der Waals surface area contributed by atoms with Crippen LogP contribution in [-0.4, -0.2) is 18.5 Å². The molecule has 0 radical (unpaired) electrons. The zero-order valence-corrected chi connectivity index (χ0v) is 8.33. The van der Waals surface area contributed by atoms with E-state index >= 15 is 0 Å². The summed E-state index contributed by atoms with van der Waals surface area (Å²) in [6.45, 7) is 2.99. The fourth-order valence-corrected chi connectivity index (χ4v) is 1.04. The third-order valence-electron chi connectivity index (χ3n) is 1.44. The van der Waals surface area contributed by atoms with E-state index in [0.717, 1.165) is 25.3 Å². The van der Waals surface area contributed by atoms with Crippen molar-refractivity contribution in [1.82, 2.24) is 5.32 Å². The summed E-state index contributed by atoms with van der Waals surface area (Å²) in [6.07, 6.45) is 4.08. The average molecular weight is 196 g/mol. The molecule has 0 heterocycles. The lowest BCUT2D eigenvalue weighted by atomic mass is 10.2. The monoisotopic (exact) mass is 195 g/mol. The SMILES string of the molecule is CC(CCCCl)NC/C=C/Cl. The molecule has 0 saturated heterocycles. The molecule has 0 amide bonds. The first kappa shape index (κ1) is 11.3. The van der Waals surface area contributed by atoms with Gasteiger partial charge in [-0.25, -0.2) is 0 Å². The van der Waals surface area contributed by atoms with Gasteiger partial charge in [0.2, 0.25) is 0 Å². The third-order valence-corrected chi connectivity index (χ3v) is 1.89. The molecule has 1 nitrogen and oxygen atoms in total. The van der Waals surface area contributed by atoms with Crippen LogP contribution in [0.4, 0.5) is 0 Å². The molecule has 3 heteroatoms. The lowest BCUT2D eigenvalue weighted by molar-refractivity contribution is 0.537. The molecule has 0 aromatic carbocycles. The Morgan fingerprint density at radius 1 is 1.55 bits per heavy atom. The first-order valence-electron chi connectivity index (χ1n) is 3.85. The second-order valence-corrected chi connectivity index (χ2v) is 3.13. The van der Waals surface area contributed by atoms with E-state index < -0.39 is 0 Å². The summed E-state index contributed by atoms with van der Waals surface area (Å²) in [5.41, 5.74) is 1.53. The van der Waals surface area contributed by atoms with Crippen LogP contribution in [0, 0.1) is 0 Å². The van der Waals surface area contributed by atoms with Crippen LogP contribution in [0.5, 0.6) is 0 Å². The van der Waals surface area contributed by atoms with Crippen LogP contribution in [-0.2, 0) is 0 Å². The summed E-state index contributed by atoms with van der Waals surface area (Å²) in [4.78, 5) is 0. The first-order valence-corrected chi connectivity index (χ1v) is 4.83. The Hall–Kier alpha value is 0.280. The standard InChI is InChI=1S/C8H15Cl2N/c1-8(4-2-5-9)11-7-3-6-10/h3,6,8,11H,2,4-5,7H2,1H3/b6-3+. The fraction of sp³-hybridized carbons (Fsp3) is 0.750. The van der Waals surface area contributed by atoms with Gasteiger partial charge in [-0.2, -0.15) is 0 Å². The highest BCUT2D eigenvalue weighted by Gasteiger charge is 1.97. The van der Waals surface area contributed by atoms with Crippen molar-refractivity contribution >= 4 is 23.2 Å². The van der Waals surface area contributed by atoms with Gasteiger partial charge in [-0.15, -0.1) is 11.6 Å². The van der Waals surface area contributed by atoms with Crippen molar-refractivity contribution in [1.29, 1.82) is 0 Å². The van der Waals surface area contributed by atoms with Gasteiger partial charge < -0.3 is 5.32 Å². The highest BCUT2D eigenvalue weighted by atomic mass is 35.5. The largest absolute Gasteiger partial charge is 0.311 e. The van der Waals surface area contributed by atoms with E-state index in [9.17, 15) is 0 Å². The number of alkyl halides is 1.